The van der Waals surface area contributed by atoms with E-state index in [0.29, 0.717) is 6.04 Å². The molecule has 0 aromatic carbocycles. The topological polar surface area (TPSA) is 37.8 Å². The fraction of sp³-hybridized carbons (Fsp3) is 0.765. The first kappa shape index (κ1) is 17.1. The molecule has 0 fully saturated rings. The van der Waals surface area contributed by atoms with Crippen LogP contribution in [0.2, 0.25) is 0 Å². The molecule has 1 heterocycles. The zero-order valence-electron chi connectivity index (χ0n) is 13.5. The minimum Gasteiger partial charge on any atom is -0.309 e. The fourth-order valence-electron chi connectivity index (χ4n) is 2.49. The summed E-state index contributed by atoms with van der Waals surface area (Å²) in [6, 6.07) is 0.365. The quantitative estimate of drug-likeness (QED) is 0.602. The van der Waals surface area contributed by atoms with Gasteiger partial charge in [-0.2, -0.15) is 0 Å². The third kappa shape index (κ3) is 6.99. The van der Waals surface area contributed by atoms with Gasteiger partial charge in [-0.05, 0) is 19.9 Å². The van der Waals surface area contributed by atoms with E-state index in [1.165, 1.54) is 51.4 Å². The molecule has 1 aromatic rings. The Morgan fingerprint density at radius 1 is 0.950 bits per heavy atom. The Kier molecular flexibility index (Phi) is 9.22. The van der Waals surface area contributed by atoms with Crippen molar-refractivity contribution in [3.8, 4) is 0 Å². The highest BCUT2D eigenvalue weighted by atomic mass is 14.9. The van der Waals surface area contributed by atoms with Crippen molar-refractivity contribution in [3.05, 3.63) is 23.8 Å². The van der Waals surface area contributed by atoms with E-state index < -0.39 is 0 Å². The molecule has 0 bridgehead atoms. The number of unbranched alkanes of at least 4 members (excludes halogenated alkanes) is 6. The molecular formula is C17H31N3. The van der Waals surface area contributed by atoms with Crippen LogP contribution < -0.4 is 5.32 Å². The molecule has 0 radical (unpaired) electrons. The molecule has 114 valence electrons. The fourth-order valence-corrected chi connectivity index (χ4v) is 2.49. The van der Waals surface area contributed by atoms with Gasteiger partial charge in [0.1, 0.15) is 0 Å². The number of rotatable bonds is 11. The Morgan fingerprint density at radius 2 is 1.65 bits per heavy atom. The molecule has 3 heteroatoms. The van der Waals surface area contributed by atoms with E-state index in [4.69, 9.17) is 0 Å². The van der Waals surface area contributed by atoms with E-state index in [-0.39, 0.29) is 0 Å². The summed E-state index contributed by atoms with van der Waals surface area (Å²) < 4.78 is 0. The zero-order valence-corrected chi connectivity index (χ0v) is 13.5. The molecule has 0 aliphatic heterocycles. The van der Waals surface area contributed by atoms with Gasteiger partial charge in [0, 0.05) is 6.20 Å². The van der Waals surface area contributed by atoms with Crippen LogP contribution in [0.3, 0.4) is 0 Å². The maximum Gasteiger partial charge on any atom is 0.0756 e. The van der Waals surface area contributed by atoms with Crippen molar-refractivity contribution in [1.29, 1.82) is 0 Å². The Balaban J connectivity index is 2.27. The smallest absolute Gasteiger partial charge is 0.0756 e. The zero-order chi connectivity index (χ0) is 14.6. The standard InChI is InChI=1S/C17H31N3/c1-4-6-7-8-9-10-11-12-16(18-5-2)17-14-19-15(3)13-20-17/h13-14,16,18H,4-12H2,1-3H3. The largest absolute Gasteiger partial charge is 0.309 e. The van der Waals surface area contributed by atoms with Crippen molar-refractivity contribution < 1.29 is 0 Å². The summed E-state index contributed by atoms with van der Waals surface area (Å²) in [6.45, 7) is 7.38. The van der Waals surface area contributed by atoms with Crippen LogP contribution in [-0.2, 0) is 0 Å². The van der Waals surface area contributed by atoms with Crippen molar-refractivity contribution in [1.82, 2.24) is 15.3 Å². The van der Waals surface area contributed by atoms with Gasteiger partial charge in [0.2, 0.25) is 0 Å². The number of aromatic nitrogens is 2. The summed E-state index contributed by atoms with van der Waals surface area (Å²) in [4.78, 5) is 8.87. The van der Waals surface area contributed by atoms with E-state index in [1.807, 2.05) is 19.3 Å². The van der Waals surface area contributed by atoms with Gasteiger partial charge in [-0.25, -0.2) is 0 Å². The van der Waals surface area contributed by atoms with Crippen LogP contribution in [0.1, 0.15) is 82.6 Å². The summed E-state index contributed by atoms with van der Waals surface area (Å²) in [5.74, 6) is 0. The number of hydrogen-bond acceptors (Lipinski definition) is 3. The molecular weight excluding hydrogens is 246 g/mol. The number of hydrogen-bond donors (Lipinski definition) is 1. The number of aryl methyl sites for hydroxylation is 1. The lowest BCUT2D eigenvalue weighted by atomic mass is 10.0. The van der Waals surface area contributed by atoms with Gasteiger partial charge >= 0.3 is 0 Å². The Labute approximate surface area is 124 Å². The number of nitrogens with one attached hydrogen (secondary N) is 1. The average Bonchev–Trinajstić information content (AvgIpc) is 2.46. The van der Waals surface area contributed by atoms with Crippen LogP contribution in [0, 0.1) is 6.92 Å². The summed E-state index contributed by atoms with van der Waals surface area (Å²) in [7, 11) is 0. The summed E-state index contributed by atoms with van der Waals surface area (Å²) >= 11 is 0. The van der Waals surface area contributed by atoms with E-state index >= 15 is 0 Å². The third-order valence-corrected chi connectivity index (χ3v) is 3.70. The molecule has 3 nitrogen and oxygen atoms in total. The van der Waals surface area contributed by atoms with Crippen LogP contribution >= 0.6 is 0 Å². The molecule has 0 aliphatic rings. The first-order valence-corrected chi connectivity index (χ1v) is 8.29. The van der Waals surface area contributed by atoms with Gasteiger partial charge in [-0.15, -0.1) is 0 Å². The SMILES string of the molecule is CCCCCCCCCC(NCC)c1cnc(C)cn1. The summed E-state index contributed by atoms with van der Waals surface area (Å²) in [5, 5.41) is 3.53. The van der Waals surface area contributed by atoms with Crippen molar-refractivity contribution in [2.45, 2.75) is 78.2 Å². The van der Waals surface area contributed by atoms with Crippen molar-refractivity contribution in [2.75, 3.05) is 6.54 Å². The van der Waals surface area contributed by atoms with Crippen LogP contribution in [0.15, 0.2) is 12.4 Å². The van der Waals surface area contributed by atoms with Gasteiger partial charge < -0.3 is 5.32 Å². The predicted molar refractivity (Wildman–Crippen MR) is 85.8 cm³/mol. The third-order valence-electron chi connectivity index (χ3n) is 3.70. The van der Waals surface area contributed by atoms with Crippen LogP contribution in [0.5, 0.6) is 0 Å². The van der Waals surface area contributed by atoms with E-state index in [2.05, 4.69) is 29.1 Å². The normalized spacial score (nSPS) is 12.6. The molecule has 0 amide bonds. The second-order valence-electron chi connectivity index (χ2n) is 5.60. The van der Waals surface area contributed by atoms with Crippen molar-refractivity contribution in [3.63, 3.8) is 0 Å². The van der Waals surface area contributed by atoms with Crippen molar-refractivity contribution >= 4 is 0 Å². The molecule has 20 heavy (non-hydrogen) atoms. The van der Waals surface area contributed by atoms with Gasteiger partial charge in [-0.1, -0.05) is 58.8 Å². The lowest BCUT2D eigenvalue weighted by Crippen LogP contribution is -2.22. The highest BCUT2D eigenvalue weighted by Gasteiger charge is 2.11. The maximum absolute atomic E-state index is 4.51. The number of nitrogens with zero attached hydrogens (tertiary/aromatic N) is 2. The van der Waals surface area contributed by atoms with Crippen LogP contribution in [-0.4, -0.2) is 16.5 Å². The lowest BCUT2D eigenvalue weighted by molar-refractivity contribution is 0.466. The maximum atomic E-state index is 4.51. The predicted octanol–water partition coefficient (Wildman–Crippen LogP) is 4.58. The first-order valence-electron chi connectivity index (χ1n) is 8.29. The minimum absolute atomic E-state index is 0.365. The van der Waals surface area contributed by atoms with E-state index in [0.717, 1.165) is 17.9 Å². The Hall–Kier alpha value is -0.960. The van der Waals surface area contributed by atoms with Crippen LogP contribution in [0.4, 0.5) is 0 Å². The molecule has 1 rings (SSSR count). The van der Waals surface area contributed by atoms with E-state index in [1.54, 1.807) is 0 Å². The molecule has 1 atom stereocenters. The Morgan fingerprint density at radius 3 is 2.25 bits per heavy atom. The molecule has 0 spiro atoms. The molecule has 1 unspecified atom stereocenters. The van der Waals surface area contributed by atoms with Gasteiger partial charge in [0.05, 0.1) is 23.6 Å². The second-order valence-corrected chi connectivity index (χ2v) is 5.60. The van der Waals surface area contributed by atoms with Crippen LogP contribution in [0.25, 0.3) is 0 Å². The molecule has 0 saturated heterocycles. The average molecular weight is 277 g/mol. The molecule has 1 aromatic heterocycles. The molecule has 0 aliphatic carbocycles. The second kappa shape index (κ2) is 10.8. The van der Waals surface area contributed by atoms with Gasteiger partial charge in [0.15, 0.2) is 0 Å². The van der Waals surface area contributed by atoms with Crippen molar-refractivity contribution in [2.24, 2.45) is 0 Å². The minimum atomic E-state index is 0.365. The highest BCUT2D eigenvalue weighted by Crippen LogP contribution is 2.18. The van der Waals surface area contributed by atoms with E-state index in [9.17, 15) is 0 Å². The Bertz CT molecular complexity index is 335. The van der Waals surface area contributed by atoms with Gasteiger partial charge in [-0.3, -0.25) is 9.97 Å². The highest BCUT2D eigenvalue weighted by molar-refractivity contribution is 5.05. The lowest BCUT2D eigenvalue weighted by Gasteiger charge is -2.17. The molecule has 0 saturated carbocycles. The summed E-state index contributed by atoms with van der Waals surface area (Å²) in [5.41, 5.74) is 2.07. The summed E-state index contributed by atoms with van der Waals surface area (Å²) in [6.07, 6.45) is 14.4. The monoisotopic (exact) mass is 277 g/mol. The first-order chi connectivity index (χ1) is 9.77. The molecule has 1 N–H and O–H groups in total. The van der Waals surface area contributed by atoms with Gasteiger partial charge in [0.25, 0.3) is 0 Å².